The van der Waals surface area contributed by atoms with Crippen LogP contribution >= 0.6 is 0 Å². The molecule has 2 aromatic heterocycles. The van der Waals surface area contributed by atoms with Crippen molar-refractivity contribution in [2.45, 2.75) is 0 Å². The first-order valence-corrected chi connectivity index (χ1v) is 23.2. The molecule has 67 heavy (non-hydrogen) atoms. The minimum atomic E-state index is -1.36. The van der Waals surface area contributed by atoms with Crippen molar-refractivity contribution in [3.05, 3.63) is 245 Å². The highest BCUT2D eigenvalue weighted by molar-refractivity contribution is 5.99. The summed E-state index contributed by atoms with van der Waals surface area (Å²) in [5.74, 6) is 0.799. The Labute approximate surface area is 392 Å². The molecular formula is C57H35IO9. The second-order valence-corrected chi connectivity index (χ2v) is 18.1. The molecule has 0 spiro atoms. The van der Waals surface area contributed by atoms with Crippen LogP contribution in [0, 0.1) is 7.14 Å². The molecule has 11 rings (SSSR count). The summed E-state index contributed by atoms with van der Waals surface area (Å²) in [4.78, 5) is 38.3. The smallest absolute Gasteiger partial charge is 0.357 e. The van der Waals surface area contributed by atoms with E-state index < -0.39 is 27.2 Å². The molecular weight excluding hydrogens is 956 g/mol. The lowest BCUT2D eigenvalue weighted by molar-refractivity contribution is -0.597. The minimum absolute atomic E-state index is 0.0201. The van der Waals surface area contributed by atoms with E-state index in [0.29, 0.717) is 72.3 Å². The monoisotopic (exact) mass is 990 g/mol. The summed E-state index contributed by atoms with van der Waals surface area (Å²) in [5.41, 5.74) is 3.19. The van der Waals surface area contributed by atoms with Gasteiger partial charge in [-0.05, 0) is 96.6 Å². The van der Waals surface area contributed by atoms with Crippen molar-refractivity contribution < 1.29 is 54.2 Å². The van der Waals surface area contributed by atoms with Crippen LogP contribution in [-0.2, 0) is 0 Å². The van der Waals surface area contributed by atoms with Gasteiger partial charge in [-0.2, -0.15) is 0 Å². The Bertz CT molecular complexity index is 3580. The van der Waals surface area contributed by atoms with Gasteiger partial charge in [0, 0.05) is 23.3 Å². The quantitative estimate of drug-likeness (QED) is 0.0973. The fourth-order valence-corrected chi connectivity index (χ4v) is 9.93. The topological polar surface area (TPSA) is 128 Å². The number of para-hydroxylation sites is 5. The van der Waals surface area contributed by atoms with Crippen molar-refractivity contribution in [3.8, 4) is 45.6 Å². The number of carboxylic acid groups (broad SMARTS) is 1. The molecule has 11 aromatic rings. The predicted octanol–water partition coefficient (Wildman–Crippen LogP) is 9.43. The number of ether oxygens (including phenoxy) is 3. The Kier molecular flexibility index (Phi) is 12.0. The van der Waals surface area contributed by atoms with Crippen LogP contribution in [-0.4, -0.2) is 5.97 Å². The molecule has 0 aliphatic rings. The molecule has 0 amide bonds. The zero-order chi connectivity index (χ0) is 45.7. The van der Waals surface area contributed by atoms with Gasteiger partial charge >= 0.3 is 21.2 Å². The first-order valence-electron chi connectivity index (χ1n) is 21.1. The van der Waals surface area contributed by atoms with E-state index >= 15 is 0 Å². The first-order chi connectivity index (χ1) is 32.9. The highest BCUT2D eigenvalue weighted by Gasteiger charge is 2.26. The van der Waals surface area contributed by atoms with Crippen LogP contribution in [0.15, 0.2) is 231 Å². The lowest BCUT2D eigenvalue weighted by Gasteiger charge is -2.23. The molecule has 0 bridgehead atoms. The molecule has 0 aliphatic heterocycles. The summed E-state index contributed by atoms with van der Waals surface area (Å²) in [5, 5.41) is 14.7. The molecule has 0 atom stereocenters. The number of hydrogen-bond acceptors (Lipinski definition) is 9. The summed E-state index contributed by atoms with van der Waals surface area (Å²) in [7, 11) is 0. The summed E-state index contributed by atoms with van der Waals surface area (Å²) in [6, 6.07) is 64.0. The number of halogens is 1. The zero-order valence-corrected chi connectivity index (χ0v) is 37.4. The molecule has 324 valence electrons. The third-order valence-electron chi connectivity index (χ3n) is 10.7. The van der Waals surface area contributed by atoms with Gasteiger partial charge in [-0.15, -0.1) is 0 Å². The van der Waals surface area contributed by atoms with Crippen molar-refractivity contribution in [2.75, 3.05) is 0 Å². The Hall–Kier alpha value is -8.48. The maximum absolute atomic E-state index is 12.9. The summed E-state index contributed by atoms with van der Waals surface area (Å²) in [6.45, 7) is 0. The molecule has 0 N–H and O–H groups in total. The van der Waals surface area contributed by atoms with Gasteiger partial charge in [0.25, 0.3) is 0 Å². The highest BCUT2D eigenvalue weighted by Crippen LogP contribution is 2.51. The number of hydrogen-bond donors (Lipinski definition) is 0. The minimum Gasteiger partial charge on any atom is -0.545 e. The maximum atomic E-state index is 12.9. The molecule has 0 unspecified atom stereocenters. The van der Waals surface area contributed by atoms with E-state index in [2.05, 4.69) is 0 Å². The van der Waals surface area contributed by atoms with E-state index in [-0.39, 0.29) is 33.7 Å². The number of carbonyl (C=O) groups excluding carboxylic acids is 1. The van der Waals surface area contributed by atoms with Crippen molar-refractivity contribution >= 4 is 49.8 Å². The van der Waals surface area contributed by atoms with Gasteiger partial charge in [-0.3, -0.25) is 9.59 Å². The van der Waals surface area contributed by atoms with Crippen LogP contribution in [0.2, 0.25) is 0 Å². The van der Waals surface area contributed by atoms with Gasteiger partial charge in [-0.1, -0.05) is 109 Å². The Morgan fingerprint density at radius 2 is 0.821 bits per heavy atom. The normalized spacial score (nSPS) is 11.0. The summed E-state index contributed by atoms with van der Waals surface area (Å²) < 4.78 is 32.8. The van der Waals surface area contributed by atoms with E-state index in [4.69, 9.17) is 23.0 Å². The molecule has 10 heteroatoms. The van der Waals surface area contributed by atoms with E-state index in [1.54, 1.807) is 60.7 Å². The average Bonchev–Trinajstić information content (AvgIpc) is 3.37. The van der Waals surface area contributed by atoms with Crippen molar-refractivity contribution in [1.29, 1.82) is 0 Å². The molecule has 0 aliphatic carbocycles. The number of aromatic carboxylic acids is 1. The first kappa shape index (κ1) is 42.5. The van der Waals surface area contributed by atoms with Crippen LogP contribution in [0.3, 0.4) is 0 Å². The summed E-state index contributed by atoms with van der Waals surface area (Å²) in [6.07, 6.45) is 0. The third kappa shape index (κ3) is 9.11. The molecule has 0 fully saturated rings. The van der Waals surface area contributed by atoms with Crippen LogP contribution in [0.5, 0.6) is 34.5 Å². The average molecular weight is 991 g/mol. The largest absolute Gasteiger partial charge is 0.545 e. The molecule has 9 aromatic carbocycles. The molecule has 9 nitrogen and oxygen atoms in total. The molecule has 0 radical (unpaired) electrons. The Morgan fingerprint density at radius 3 is 1.30 bits per heavy atom. The van der Waals surface area contributed by atoms with Gasteiger partial charge in [-0.25, -0.2) is 0 Å². The number of carboxylic acids is 1. The standard InChI is InChI=1S/C31H22O5.C26H14IO4/c32-31(33)26-21-27(34-23-15-7-2-8-16-23)29(35-24-17-9-3-10-18-24)30(36-25-19-11-4-12-20-25)28(26)22-13-5-1-6-14-22;28-25-17-5-1-3-7-21(17)30-23-11-9-15(13-19(23)25)27-16-10-12-24-20(14-16)26(29)18-6-2-4-8-22(18)31-24/h1-21H,(H,32,33);1-14H/q;+1/p-1. The van der Waals surface area contributed by atoms with Gasteiger partial charge in [0.05, 0.1) is 27.5 Å². The summed E-state index contributed by atoms with van der Waals surface area (Å²) >= 11 is -0.596. The van der Waals surface area contributed by atoms with Crippen LogP contribution in [0.1, 0.15) is 10.4 Å². The second kappa shape index (κ2) is 18.9. The van der Waals surface area contributed by atoms with Crippen LogP contribution in [0.25, 0.3) is 55.0 Å². The lowest BCUT2D eigenvalue weighted by Crippen LogP contribution is -3.61. The number of benzene rings is 9. The van der Waals surface area contributed by atoms with E-state index in [1.165, 1.54) is 6.07 Å². The maximum Gasteiger partial charge on any atom is 0.357 e. The lowest BCUT2D eigenvalue weighted by atomic mass is 9.97. The van der Waals surface area contributed by atoms with E-state index in [1.807, 2.05) is 146 Å². The molecule has 0 saturated carbocycles. The molecule has 2 heterocycles. The molecule has 0 saturated heterocycles. The SMILES string of the molecule is O=C([O-])c1cc(Oc2ccccc2)c(Oc2ccccc2)c(Oc2ccccc2)c1-c1ccccc1.O=c1c2ccccc2oc2ccc([I+]c3ccc4oc5ccccc5c(=O)c4c3)cc12. The van der Waals surface area contributed by atoms with Crippen LogP contribution in [0.4, 0.5) is 0 Å². The van der Waals surface area contributed by atoms with E-state index in [0.717, 1.165) is 7.14 Å². The fourth-order valence-electron chi connectivity index (χ4n) is 7.56. The third-order valence-corrected chi connectivity index (χ3v) is 13.3. The van der Waals surface area contributed by atoms with Crippen molar-refractivity contribution in [2.24, 2.45) is 0 Å². The van der Waals surface area contributed by atoms with Crippen molar-refractivity contribution in [3.63, 3.8) is 0 Å². The van der Waals surface area contributed by atoms with E-state index in [9.17, 15) is 19.5 Å². The van der Waals surface area contributed by atoms with Crippen LogP contribution < -0.4 is 51.4 Å². The predicted molar refractivity (Wildman–Crippen MR) is 253 cm³/mol. The van der Waals surface area contributed by atoms with Gasteiger partial charge in [0.1, 0.15) is 39.6 Å². The second-order valence-electron chi connectivity index (χ2n) is 15.1. The van der Waals surface area contributed by atoms with Gasteiger partial charge in [0.2, 0.25) is 16.6 Å². The highest BCUT2D eigenvalue weighted by atomic mass is 127. The van der Waals surface area contributed by atoms with Gasteiger partial charge in [0.15, 0.2) is 18.6 Å². The Balaban J connectivity index is 0.000000158. The van der Waals surface area contributed by atoms with Gasteiger partial charge < -0.3 is 32.9 Å². The zero-order valence-electron chi connectivity index (χ0n) is 35.3. The number of rotatable bonds is 10. The number of carbonyl (C=O) groups is 1. The Morgan fingerprint density at radius 1 is 0.418 bits per heavy atom. The van der Waals surface area contributed by atoms with Crippen molar-refractivity contribution in [1.82, 2.24) is 0 Å². The fraction of sp³-hybridized carbons (Fsp3) is 0. The number of fused-ring (bicyclic) bond motifs is 4.